The number of aromatic nitrogens is 2. The van der Waals surface area contributed by atoms with Gasteiger partial charge in [0.1, 0.15) is 11.5 Å². The summed E-state index contributed by atoms with van der Waals surface area (Å²) in [5, 5.41) is 4.48. The number of hydrogen-bond acceptors (Lipinski definition) is 2. The smallest absolute Gasteiger partial charge is 0.150 e. The summed E-state index contributed by atoms with van der Waals surface area (Å²) in [6, 6.07) is 4.51. The van der Waals surface area contributed by atoms with Gasteiger partial charge in [-0.3, -0.25) is 0 Å². The molecule has 84 valence electrons. The topological polar surface area (TPSA) is 43.8 Å². The van der Waals surface area contributed by atoms with Crippen LogP contribution in [-0.4, -0.2) is 9.78 Å². The Bertz CT molecular complexity index is 528. The maximum Gasteiger partial charge on any atom is 0.150 e. The number of nitrogens with two attached hydrogens (primary N) is 1. The summed E-state index contributed by atoms with van der Waals surface area (Å²) < 4.78 is 15.1. The highest BCUT2D eigenvalue weighted by atomic mass is 35.5. The van der Waals surface area contributed by atoms with Crippen LogP contribution in [-0.2, 0) is 0 Å². The molecule has 0 radical (unpaired) electrons. The molecular formula is C11H11ClFN3. The van der Waals surface area contributed by atoms with Gasteiger partial charge in [0.2, 0.25) is 0 Å². The van der Waals surface area contributed by atoms with E-state index in [-0.39, 0.29) is 5.69 Å². The van der Waals surface area contributed by atoms with E-state index in [0.717, 1.165) is 0 Å². The molecule has 1 aromatic heterocycles. The van der Waals surface area contributed by atoms with Crippen LogP contribution in [0.1, 0.15) is 11.4 Å². The fraction of sp³-hybridized carbons (Fsp3) is 0.182. The van der Waals surface area contributed by atoms with Gasteiger partial charge in [0, 0.05) is 0 Å². The lowest BCUT2D eigenvalue weighted by molar-refractivity contribution is 0.608. The van der Waals surface area contributed by atoms with Crippen LogP contribution in [0.15, 0.2) is 18.2 Å². The van der Waals surface area contributed by atoms with Gasteiger partial charge in [-0.05, 0) is 26.0 Å². The summed E-state index contributed by atoms with van der Waals surface area (Å²) in [5.74, 6) is -0.418. The number of rotatable bonds is 1. The van der Waals surface area contributed by atoms with Crippen molar-refractivity contribution in [2.45, 2.75) is 13.8 Å². The molecule has 5 heteroatoms. The summed E-state index contributed by atoms with van der Waals surface area (Å²) in [5.41, 5.74) is 7.93. The Hall–Kier alpha value is -1.55. The third-order valence-corrected chi connectivity index (χ3v) is 2.80. The molecule has 0 saturated heterocycles. The quantitative estimate of drug-likeness (QED) is 0.832. The molecule has 0 aliphatic rings. The van der Waals surface area contributed by atoms with Crippen LogP contribution < -0.4 is 5.73 Å². The van der Waals surface area contributed by atoms with Gasteiger partial charge in [0.05, 0.1) is 22.1 Å². The first-order valence-corrected chi connectivity index (χ1v) is 5.16. The van der Waals surface area contributed by atoms with Gasteiger partial charge in [0.15, 0.2) is 0 Å². The first kappa shape index (κ1) is 11.0. The number of aryl methyl sites for hydroxylation is 1. The van der Waals surface area contributed by atoms with Crippen molar-refractivity contribution in [2.24, 2.45) is 0 Å². The van der Waals surface area contributed by atoms with Gasteiger partial charge in [-0.15, -0.1) is 0 Å². The lowest BCUT2D eigenvalue weighted by Gasteiger charge is -2.07. The Morgan fingerprint density at radius 1 is 1.38 bits per heavy atom. The summed E-state index contributed by atoms with van der Waals surface area (Å²) >= 11 is 5.96. The number of nitrogens with zero attached hydrogens (tertiary/aromatic N) is 2. The zero-order valence-corrected chi connectivity index (χ0v) is 9.72. The molecule has 2 rings (SSSR count). The van der Waals surface area contributed by atoms with Crippen molar-refractivity contribution in [3.63, 3.8) is 0 Å². The van der Waals surface area contributed by atoms with E-state index in [1.54, 1.807) is 26.0 Å². The van der Waals surface area contributed by atoms with E-state index in [4.69, 9.17) is 17.3 Å². The Balaban J connectivity index is 2.72. The zero-order chi connectivity index (χ0) is 11.9. The Morgan fingerprint density at radius 2 is 2.06 bits per heavy atom. The molecule has 1 aromatic carbocycles. The van der Waals surface area contributed by atoms with Crippen LogP contribution in [0.5, 0.6) is 0 Å². The summed E-state index contributed by atoms with van der Waals surface area (Å²) in [4.78, 5) is 0. The van der Waals surface area contributed by atoms with Crippen molar-refractivity contribution < 1.29 is 4.39 Å². The first-order valence-electron chi connectivity index (χ1n) is 4.78. The molecule has 0 bridgehead atoms. The SMILES string of the molecule is Cc1nn(-c2c(F)cccc2Cl)c(C)c1N. The molecule has 0 aliphatic carbocycles. The monoisotopic (exact) mass is 239 g/mol. The lowest BCUT2D eigenvalue weighted by Crippen LogP contribution is -2.03. The minimum Gasteiger partial charge on any atom is -0.396 e. The highest BCUT2D eigenvalue weighted by Crippen LogP contribution is 2.27. The summed E-state index contributed by atoms with van der Waals surface area (Å²) in [7, 11) is 0. The second-order valence-corrected chi connectivity index (χ2v) is 3.97. The summed E-state index contributed by atoms with van der Waals surface area (Å²) in [6.45, 7) is 3.55. The van der Waals surface area contributed by atoms with Crippen molar-refractivity contribution in [1.82, 2.24) is 9.78 Å². The normalized spacial score (nSPS) is 10.8. The average molecular weight is 240 g/mol. The number of halogens is 2. The number of benzene rings is 1. The van der Waals surface area contributed by atoms with Crippen molar-refractivity contribution >= 4 is 17.3 Å². The van der Waals surface area contributed by atoms with Crippen molar-refractivity contribution in [3.8, 4) is 5.69 Å². The zero-order valence-electron chi connectivity index (χ0n) is 8.96. The third kappa shape index (κ3) is 1.55. The van der Waals surface area contributed by atoms with Crippen LogP contribution in [0.4, 0.5) is 10.1 Å². The fourth-order valence-electron chi connectivity index (χ4n) is 1.56. The summed E-state index contributed by atoms with van der Waals surface area (Å²) in [6.07, 6.45) is 0. The molecule has 2 aromatic rings. The highest BCUT2D eigenvalue weighted by molar-refractivity contribution is 6.32. The molecule has 1 heterocycles. The van der Waals surface area contributed by atoms with Gasteiger partial charge in [-0.25, -0.2) is 9.07 Å². The predicted molar refractivity (Wildman–Crippen MR) is 62.4 cm³/mol. The lowest BCUT2D eigenvalue weighted by atomic mass is 10.3. The molecule has 0 unspecified atom stereocenters. The van der Waals surface area contributed by atoms with Gasteiger partial charge >= 0.3 is 0 Å². The van der Waals surface area contributed by atoms with Crippen LogP contribution >= 0.6 is 11.6 Å². The number of anilines is 1. The van der Waals surface area contributed by atoms with Crippen molar-refractivity contribution in [3.05, 3.63) is 40.4 Å². The van der Waals surface area contributed by atoms with Gasteiger partial charge in [-0.1, -0.05) is 17.7 Å². The molecule has 3 nitrogen and oxygen atoms in total. The van der Waals surface area contributed by atoms with Crippen LogP contribution in [0.3, 0.4) is 0 Å². The van der Waals surface area contributed by atoms with E-state index in [2.05, 4.69) is 5.10 Å². The third-order valence-electron chi connectivity index (χ3n) is 2.50. The van der Waals surface area contributed by atoms with Crippen LogP contribution in [0.25, 0.3) is 5.69 Å². The number of para-hydroxylation sites is 1. The maximum atomic E-state index is 13.7. The van der Waals surface area contributed by atoms with E-state index < -0.39 is 5.82 Å². The Labute approximate surface area is 97.6 Å². The second-order valence-electron chi connectivity index (χ2n) is 3.57. The second kappa shape index (κ2) is 3.79. The van der Waals surface area contributed by atoms with E-state index in [9.17, 15) is 4.39 Å². The Kier molecular flexibility index (Phi) is 2.59. The number of nitrogen functional groups attached to an aromatic ring is 1. The average Bonchev–Trinajstić information content (AvgIpc) is 2.47. The molecule has 0 saturated carbocycles. The minimum atomic E-state index is -0.418. The molecular weight excluding hydrogens is 229 g/mol. The maximum absolute atomic E-state index is 13.7. The molecule has 0 aliphatic heterocycles. The predicted octanol–water partition coefficient (Wildman–Crippen LogP) is 2.86. The first-order chi connectivity index (χ1) is 7.52. The van der Waals surface area contributed by atoms with Gasteiger partial charge in [0.25, 0.3) is 0 Å². The van der Waals surface area contributed by atoms with Crippen molar-refractivity contribution in [2.75, 3.05) is 5.73 Å². The van der Waals surface area contributed by atoms with Gasteiger partial charge < -0.3 is 5.73 Å². The largest absolute Gasteiger partial charge is 0.396 e. The Morgan fingerprint density at radius 3 is 2.56 bits per heavy atom. The molecule has 0 spiro atoms. The highest BCUT2D eigenvalue weighted by Gasteiger charge is 2.15. The molecule has 0 amide bonds. The molecule has 0 atom stereocenters. The van der Waals surface area contributed by atoms with Crippen molar-refractivity contribution in [1.29, 1.82) is 0 Å². The minimum absolute atomic E-state index is 0.237. The van der Waals surface area contributed by atoms with Crippen LogP contribution in [0, 0.1) is 19.7 Å². The molecule has 0 fully saturated rings. The van der Waals surface area contributed by atoms with Gasteiger partial charge in [-0.2, -0.15) is 5.10 Å². The fourth-order valence-corrected chi connectivity index (χ4v) is 1.81. The molecule has 16 heavy (non-hydrogen) atoms. The van der Waals surface area contributed by atoms with E-state index >= 15 is 0 Å². The standard InChI is InChI=1S/C11H11ClFN3/c1-6-10(14)7(2)16(15-6)11-8(12)4-3-5-9(11)13/h3-5H,14H2,1-2H3. The van der Waals surface area contributed by atoms with E-state index in [1.807, 2.05) is 0 Å². The van der Waals surface area contributed by atoms with Crippen LogP contribution in [0.2, 0.25) is 5.02 Å². The number of hydrogen-bond donors (Lipinski definition) is 1. The van der Waals surface area contributed by atoms with E-state index in [1.165, 1.54) is 10.7 Å². The molecule has 2 N–H and O–H groups in total. The van der Waals surface area contributed by atoms with E-state index in [0.29, 0.717) is 22.1 Å².